The van der Waals surface area contributed by atoms with Gasteiger partial charge in [0.2, 0.25) is 0 Å². The Morgan fingerprint density at radius 1 is 1.05 bits per heavy atom. The lowest BCUT2D eigenvalue weighted by molar-refractivity contribution is 1.06. The minimum absolute atomic E-state index is 0.239. The van der Waals surface area contributed by atoms with Crippen LogP contribution in [-0.2, 0) is 0 Å². The predicted molar refractivity (Wildman–Crippen MR) is 80.0 cm³/mol. The molecule has 3 rings (SSSR count). The van der Waals surface area contributed by atoms with Crippen LogP contribution in [-0.4, -0.2) is 15.2 Å². The molecule has 0 bridgehead atoms. The van der Waals surface area contributed by atoms with Gasteiger partial charge in [-0.2, -0.15) is 5.11 Å². The number of rotatable bonds is 3. The van der Waals surface area contributed by atoms with Crippen LogP contribution in [0.25, 0.3) is 11.3 Å². The molecule has 0 radical (unpaired) electrons. The molecule has 2 aromatic heterocycles. The molecule has 104 valence electrons. The molecule has 0 atom stereocenters. The van der Waals surface area contributed by atoms with Crippen LogP contribution in [0.4, 0.5) is 11.4 Å². The van der Waals surface area contributed by atoms with E-state index in [1.54, 1.807) is 18.5 Å². The Labute approximate surface area is 120 Å². The van der Waals surface area contributed by atoms with Crippen LogP contribution in [0.3, 0.4) is 0 Å². The Kier molecular flexibility index (Phi) is 3.42. The van der Waals surface area contributed by atoms with E-state index < -0.39 is 0 Å². The third kappa shape index (κ3) is 2.79. The quantitative estimate of drug-likeness (QED) is 0.719. The molecule has 0 saturated heterocycles. The molecule has 2 N–H and O–H groups in total. The van der Waals surface area contributed by atoms with E-state index in [-0.39, 0.29) is 11.2 Å². The maximum absolute atomic E-state index is 11.8. The van der Waals surface area contributed by atoms with Crippen molar-refractivity contribution < 1.29 is 0 Å². The summed E-state index contributed by atoms with van der Waals surface area (Å²) in [4.78, 5) is 15.9. The largest absolute Gasteiger partial charge is 0.295 e. The van der Waals surface area contributed by atoms with Gasteiger partial charge < -0.3 is 0 Å². The maximum Gasteiger partial charge on any atom is 0.292 e. The highest BCUT2D eigenvalue weighted by Crippen LogP contribution is 2.25. The van der Waals surface area contributed by atoms with E-state index in [1.807, 2.05) is 37.3 Å². The predicted octanol–water partition coefficient (Wildman–Crippen LogP) is 3.49. The van der Waals surface area contributed by atoms with Gasteiger partial charge in [0, 0.05) is 18.0 Å². The number of benzene rings is 1. The number of aromatic amines is 2. The molecule has 0 aliphatic rings. The van der Waals surface area contributed by atoms with Gasteiger partial charge in [0.05, 0.1) is 11.4 Å². The summed E-state index contributed by atoms with van der Waals surface area (Å²) in [6.45, 7) is 2.00. The van der Waals surface area contributed by atoms with Gasteiger partial charge in [-0.1, -0.05) is 17.7 Å². The maximum atomic E-state index is 11.8. The lowest BCUT2D eigenvalue weighted by atomic mass is 10.2. The van der Waals surface area contributed by atoms with Crippen molar-refractivity contribution in [3.8, 4) is 11.3 Å². The first-order valence-electron chi connectivity index (χ1n) is 6.43. The fourth-order valence-corrected chi connectivity index (χ4v) is 1.89. The summed E-state index contributed by atoms with van der Waals surface area (Å²) in [7, 11) is 0. The van der Waals surface area contributed by atoms with Gasteiger partial charge in [0.15, 0.2) is 5.69 Å². The molecule has 1 aromatic carbocycles. The number of H-pyrrole nitrogens is 2. The van der Waals surface area contributed by atoms with Crippen LogP contribution in [0, 0.1) is 6.92 Å². The lowest BCUT2D eigenvalue weighted by Gasteiger charge is -1.97. The number of aromatic nitrogens is 3. The number of hydrogen-bond acceptors (Lipinski definition) is 4. The summed E-state index contributed by atoms with van der Waals surface area (Å²) < 4.78 is 0. The number of azo groups is 1. The van der Waals surface area contributed by atoms with E-state index in [2.05, 4.69) is 25.4 Å². The molecule has 6 heteroatoms. The third-order valence-electron chi connectivity index (χ3n) is 3.00. The third-order valence-corrected chi connectivity index (χ3v) is 3.00. The Morgan fingerprint density at radius 2 is 1.86 bits per heavy atom. The first kappa shape index (κ1) is 13.0. The molecule has 0 unspecified atom stereocenters. The zero-order valence-corrected chi connectivity index (χ0v) is 11.4. The zero-order valence-electron chi connectivity index (χ0n) is 11.4. The van der Waals surface area contributed by atoms with Crippen molar-refractivity contribution in [1.29, 1.82) is 0 Å². The summed E-state index contributed by atoms with van der Waals surface area (Å²) in [5, 5.41) is 13.5. The number of aryl methyl sites for hydroxylation is 1. The fourth-order valence-electron chi connectivity index (χ4n) is 1.89. The molecule has 2 heterocycles. The molecule has 0 spiro atoms. The fraction of sp³-hybridized carbons (Fsp3) is 0.0667. The number of nitrogens with one attached hydrogen (secondary N) is 2. The van der Waals surface area contributed by atoms with Crippen LogP contribution >= 0.6 is 0 Å². The summed E-state index contributed by atoms with van der Waals surface area (Å²) >= 11 is 0. The zero-order chi connectivity index (χ0) is 14.7. The highest BCUT2D eigenvalue weighted by Gasteiger charge is 2.11. The molecule has 0 fully saturated rings. The van der Waals surface area contributed by atoms with E-state index in [9.17, 15) is 4.79 Å². The first-order valence-corrected chi connectivity index (χ1v) is 6.43. The standard InChI is InChI=1S/C15H13N5O/c1-10-4-6-12(7-5-10)17-19-14-13(18-20-15(14)21)11-3-2-8-16-9-11/h2-9H,1H3,(H2,18,20,21). The second-order valence-electron chi connectivity index (χ2n) is 4.58. The van der Waals surface area contributed by atoms with Crippen LogP contribution in [0.2, 0.25) is 0 Å². The van der Waals surface area contributed by atoms with Crippen LogP contribution in [0.15, 0.2) is 63.8 Å². The number of nitrogens with zero attached hydrogens (tertiary/aromatic N) is 3. The average Bonchev–Trinajstić information content (AvgIpc) is 2.89. The summed E-state index contributed by atoms with van der Waals surface area (Å²) in [6.07, 6.45) is 3.33. The molecule has 6 nitrogen and oxygen atoms in total. The van der Waals surface area contributed by atoms with E-state index >= 15 is 0 Å². The van der Waals surface area contributed by atoms with Gasteiger partial charge >= 0.3 is 0 Å². The Hall–Kier alpha value is -3.02. The van der Waals surface area contributed by atoms with Gasteiger partial charge in [-0.15, -0.1) is 5.11 Å². The second kappa shape index (κ2) is 5.54. The molecule has 3 aromatic rings. The highest BCUT2D eigenvalue weighted by atomic mass is 16.1. The summed E-state index contributed by atoms with van der Waals surface area (Å²) in [5.74, 6) is 0. The lowest BCUT2D eigenvalue weighted by Crippen LogP contribution is -1.96. The van der Waals surface area contributed by atoms with Gasteiger partial charge in [-0.05, 0) is 31.2 Å². The topological polar surface area (TPSA) is 86.3 Å². The molecule has 21 heavy (non-hydrogen) atoms. The molecular formula is C15H13N5O. The number of pyridine rings is 1. The molecule has 0 aliphatic heterocycles. The Bertz CT molecular complexity index is 815. The monoisotopic (exact) mass is 279 g/mol. The molecule has 0 amide bonds. The van der Waals surface area contributed by atoms with Crippen molar-refractivity contribution in [2.75, 3.05) is 0 Å². The van der Waals surface area contributed by atoms with Crippen LogP contribution in [0.1, 0.15) is 5.56 Å². The van der Waals surface area contributed by atoms with Gasteiger partial charge in [0.25, 0.3) is 5.56 Å². The first-order chi connectivity index (χ1) is 10.2. The minimum atomic E-state index is -0.315. The van der Waals surface area contributed by atoms with Gasteiger partial charge in [0.1, 0.15) is 0 Å². The Morgan fingerprint density at radius 3 is 2.57 bits per heavy atom. The average molecular weight is 279 g/mol. The van der Waals surface area contributed by atoms with Gasteiger partial charge in [-0.25, -0.2) is 0 Å². The van der Waals surface area contributed by atoms with E-state index in [0.717, 1.165) is 11.1 Å². The SMILES string of the molecule is Cc1ccc(N=Nc2c(-c3cccnc3)[nH][nH]c2=O)cc1. The van der Waals surface area contributed by atoms with Crippen molar-refractivity contribution in [2.24, 2.45) is 10.2 Å². The van der Waals surface area contributed by atoms with Crippen molar-refractivity contribution in [3.63, 3.8) is 0 Å². The van der Waals surface area contributed by atoms with Crippen molar-refractivity contribution in [2.45, 2.75) is 6.92 Å². The van der Waals surface area contributed by atoms with E-state index in [4.69, 9.17) is 0 Å². The van der Waals surface area contributed by atoms with Crippen LogP contribution in [0.5, 0.6) is 0 Å². The number of hydrogen-bond donors (Lipinski definition) is 2. The van der Waals surface area contributed by atoms with Crippen LogP contribution < -0.4 is 5.56 Å². The highest BCUT2D eigenvalue weighted by molar-refractivity contribution is 5.70. The van der Waals surface area contributed by atoms with Crippen molar-refractivity contribution in [1.82, 2.24) is 15.2 Å². The molecule has 0 aliphatic carbocycles. The van der Waals surface area contributed by atoms with Crippen molar-refractivity contribution >= 4 is 11.4 Å². The molecule has 0 saturated carbocycles. The normalized spacial score (nSPS) is 11.1. The van der Waals surface area contributed by atoms with E-state index in [0.29, 0.717) is 11.4 Å². The van der Waals surface area contributed by atoms with Gasteiger partial charge in [-0.3, -0.25) is 20.0 Å². The summed E-state index contributed by atoms with van der Waals surface area (Å²) in [5.41, 5.74) is 3.11. The minimum Gasteiger partial charge on any atom is -0.295 e. The second-order valence-corrected chi connectivity index (χ2v) is 4.58. The Balaban J connectivity index is 1.98. The van der Waals surface area contributed by atoms with Crippen molar-refractivity contribution in [3.05, 3.63) is 64.7 Å². The van der Waals surface area contributed by atoms with E-state index in [1.165, 1.54) is 0 Å². The smallest absolute Gasteiger partial charge is 0.292 e. The summed E-state index contributed by atoms with van der Waals surface area (Å²) in [6, 6.07) is 11.2. The molecular weight excluding hydrogens is 266 g/mol.